The molecule has 3 heterocycles. The predicted molar refractivity (Wildman–Crippen MR) is 82.3 cm³/mol. The second-order valence-electron chi connectivity index (χ2n) is 6.07. The highest BCUT2D eigenvalue weighted by Gasteiger charge is 2.33. The van der Waals surface area contributed by atoms with E-state index in [1.807, 2.05) is 36.4 Å². The Bertz CT molecular complexity index is 620. The number of anilines is 1. The fraction of sp³-hybridized carbons (Fsp3) is 0.533. The molecule has 0 aromatic carbocycles. The third kappa shape index (κ3) is 2.76. The average Bonchev–Trinajstić information content (AvgIpc) is 3.05. The molecule has 2 aromatic heterocycles. The van der Waals surface area contributed by atoms with Crippen LogP contribution >= 0.6 is 0 Å². The van der Waals surface area contributed by atoms with Crippen molar-refractivity contribution in [1.29, 1.82) is 0 Å². The molecule has 0 saturated carbocycles. The smallest absolute Gasteiger partial charge is 0.133 e. The zero-order valence-electron chi connectivity index (χ0n) is 12.8. The number of aryl methyl sites for hydroxylation is 1. The molecule has 6 nitrogen and oxygen atoms in total. The quantitative estimate of drug-likeness (QED) is 0.919. The first-order valence-electron chi connectivity index (χ1n) is 7.36. The Balaban J connectivity index is 1.81. The van der Waals surface area contributed by atoms with E-state index in [9.17, 15) is 0 Å². The van der Waals surface area contributed by atoms with Crippen molar-refractivity contribution in [3.63, 3.8) is 0 Å². The van der Waals surface area contributed by atoms with Gasteiger partial charge >= 0.3 is 0 Å². The van der Waals surface area contributed by atoms with Gasteiger partial charge in [-0.05, 0) is 6.07 Å². The fourth-order valence-electron chi connectivity index (χ4n) is 2.77. The Hall–Kier alpha value is -1.95. The summed E-state index contributed by atoms with van der Waals surface area (Å²) in [5.74, 6) is 2.42. The van der Waals surface area contributed by atoms with Crippen molar-refractivity contribution in [2.45, 2.75) is 31.7 Å². The van der Waals surface area contributed by atoms with Gasteiger partial charge in [0.2, 0.25) is 0 Å². The lowest BCUT2D eigenvalue weighted by Crippen LogP contribution is -2.29. The first-order valence-corrected chi connectivity index (χ1v) is 7.36. The van der Waals surface area contributed by atoms with E-state index in [0.29, 0.717) is 5.92 Å². The molecule has 2 N–H and O–H groups in total. The number of aromatic nitrogens is 4. The molecule has 1 saturated heterocycles. The third-order valence-corrected chi connectivity index (χ3v) is 3.97. The van der Waals surface area contributed by atoms with Crippen LogP contribution in [0.1, 0.15) is 37.2 Å². The maximum atomic E-state index is 6.31. The summed E-state index contributed by atoms with van der Waals surface area (Å²) in [6.07, 6.45) is 5.71. The second kappa shape index (κ2) is 5.44. The highest BCUT2D eigenvalue weighted by atomic mass is 15.2. The van der Waals surface area contributed by atoms with Crippen LogP contribution in [-0.2, 0) is 7.05 Å². The van der Waals surface area contributed by atoms with Crippen molar-refractivity contribution < 1.29 is 0 Å². The van der Waals surface area contributed by atoms with Crippen molar-refractivity contribution >= 4 is 5.82 Å². The number of nitrogens with zero attached hydrogens (tertiary/aromatic N) is 5. The minimum atomic E-state index is 0.0809. The van der Waals surface area contributed by atoms with Crippen LogP contribution in [0, 0.1) is 0 Å². The van der Waals surface area contributed by atoms with Crippen LogP contribution in [0.2, 0.25) is 0 Å². The number of rotatable bonds is 3. The summed E-state index contributed by atoms with van der Waals surface area (Å²) in [6, 6.07) is 2.04. The highest BCUT2D eigenvalue weighted by molar-refractivity contribution is 5.42. The van der Waals surface area contributed by atoms with E-state index in [0.717, 1.165) is 30.4 Å². The van der Waals surface area contributed by atoms with Gasteiger partial charge in [-0.3, -0.25) is 0 Å². The first-order chi connectivity index (χ1) is 10.0. The maximum Gasteiger partial charge on any atom is 0.133 e. The number of hydrogen-bond acceptors (Lipinski definition) is 5. The van der Waals surface area contributed by atoms with Gasteiger partial charge in [0.1, 0.15) is 11.6 Å². The molecular formula is C15H22N6. The van der Waals surface area contributed by atoms with Crippen molar-refractivity contribution in [2.24, 2.45) is 12.8 Å². The van der Waals surface area contributed by atoms with Crippen LogP contribution in [0.15, 0.2) is 24.8 Å². The summed E-state index contributed by atoms with van der Waals surface area (Å²) in [5, 5.41) is 0. The lowest BCUT2D eigenvalue weighted by atomic mass is 10.0. The van der Waals surface area contributed by atoms with E-state index in [2.05, 4.69) is 33.7 Å². The highest BCUT2D eigenvalue weighted by Crippen LogP contribution is 2.28. The van der Waals surface area contributed by atoms with Crippen molar-refractivity contribution in [3.8, 4) is 0 Å². The van der Waals surface area contributed by atoms with E-state index in [1.165, 1.54) is 0 Å². The van der Waals surface area contributed by atoms with Crippen LogP contribution in [0.25, 0.3) is 0 Å². The zero-order chi connectivity index (χ0) is 15.0. The van der Waals surface area contributed by atoms with Crippen molar-refractivity contribution in [3.05, 3.63) is 36.3 Å². The molecule has 1 aliphatic rings. The third-order valence-electron chi connectivity index (χ3n) is 3.97. The van der Waals surface area contributed by atoms with Gasteiger partial charge in [0.05, 0.1) is 12.0 Å². The van der Waals surface area contributed by atoms with Gasteiger partial charge in [0, 0.05) is 50.4 Å². The molecule has 1 fully saturated rings. The van der Waals surface area contributed by atoms with Crippen molar-refractivity contribution in [1.82, 2.24) is 19.5 Å². The molecule has 0 unspecified atom stereocenters. The molecule has 21 heavy (non-hydrogen) atoms. The van der Waals surface area contributed by atoms with Gasteiger partial charge in [-0.25, -0.2) is 15.0 Å². The summed E-state index contributed by atoms with van der Waals surface area (Å²) < 4.78 is 1.96. The van der Waals surface area contributed by atoms with Crippen LogP contribution in [0.5, 0.6) is 0 Å². The topological polar surface area (TPSA) is 72.9 Å². The van der Waals surface area contributed by atoms with Gasteiger partial charge in [-0.1, -0.05) is 13.8 Å². The molecule has 0 radical (unpaired) electrons. The number of hydrogen-bond donors (Lipinski definition) is 1. The summed E-state index contributed by atoms with van der Waals surface area (Å²) in [7, 11) is 1.98. The van der Waals surface area contributed by atoms with Crippen LogP contribution in [-0.4, -0.2) is 38.7 Å². The molecule has 1 aliphatic heterocycles. The maximum absolute atomic E-state index is 6.31. The largest absolute Gasteiger partial charge is 0.354 e. The molecule has 0 spiro atoms. The van der Waals surface area contributed by atoms with Crippen LogP contribution < -0.4 is 10.6 Å². The second-order valence-corrected chi connectivity index (χ2v) is 6.07. The van der Waals surface area contributed by atoms with E-state index < -0.39 is 0 Å². The molecule has 6 heteroatoms. The molecule has 0 bridgehead atoms. The van der Waals surface area contributed by atoms with Gasteiger partial charge in [-0.15, -0.1) is 0 Å². The Morgan fingerprint density at radius 2 is 2.10 bits per heavy atom. The molecule has 0 amide bonds. The van der Waals surface area contributed by atoms with Gasteiger partial charge in [0.15, 0.2) is 0 Å². The van der Waals surface area contributed by atoms with Crippen LogP contribution in [0.3, 0.4) is 0 Å². The summed E-state index contributed by atoms with van der Waals surface area (Å²) in [6.45, 7) is 5.86. The Labute approximate surface area is 125 Å². The van der Waals surface area contributed by atoms with Crippen LogP contribution in [0.4, 0.5) is 5.82 Å². The summed E-state index contributed by atoms with van der Waals surface area (Å²) in [5.41, 5.74) is 7.37. The first kappa shape index (κ1) is 14.0. The van der Waals surface area contributed by atoms with E-state index >= 15 is 0 Å². The Morgan fingerprint density at radius 3 is 2.76 bits per heavy atom. The van der Waals surface area contributed by atoms with Gasteiger partial charge in [-0.2, -0.15) is 0 Å². The van der Waals surface area contributed by atoms with Gasteiger partial charge in [0.25, 0.3) is 0 Å². The van der Waals surface area contributed by atoms with E-state index in [1.54, 1.807) is 0 Å². The number of nitrogens with two attached hydrogens (primary N) is 1. The predicted octanol–water partition coefficient (Wildman–Crippen LogP) is 1.26. The Morgan fingerprint density at radius 1 is 1.29 bits per heavy atom. The molecule has 2 atom stereocenters. The van der Waals surface area contributed by atoms with Crippen molar-refractivity contribution in [2.75, 3.05) is 18.0 Å². The van der Waals surface area contributed by atoms with E-state index in [4.69, 9.17) is 5.73 Å². The molecule has 0 aliphatic carbocycles. The minimum Gasteiger partial charge on any atom is -0.354 e. The average molecular weight is 286 g/mol. The SMILES string of the molecule is CC(C)c1nccc(N2C[C@@H](N)[C@H](c3cn(C)cn3)C2)n1. The normalized spacial score (nSPS) is 22.2. The molecule has 112 valence electrons. The minimum absolute atomic E-state index is 0.0809. The summed E-state index contributed by atoms with van der Waals surface area (Å²) >= 11 is 0. The lowest BCUT2D eigenvalue weighted by molar-refractivity contribution is 0.639. The summed E-state index contributed by atoms with van der Waals surface area (Å²) in [4.78, 5) is 15.7. The molecular weight excluding hydrogens is 264 g/mol. The monoisotopic (exact) mass is 286 g/mol. The van der Waals surface area contributed by atoms with E-state index in [-0.39, 0.29) is 12.0 Å². The fourth-order valence-corrected chi connectivity index (χ4v) is 2.77. The molecule has 2 aromatic rings. The zero-order valence-corrected chi connectivity index (χ0v) is 12.8. The lowest BCUT2D eigenvalue weighted by Gasteiger charge is -2.18. The molecule has 3 rings (SSSR count). The van der Waals surface area contributed by atoms with Gasteiger partial charge < -0.3 is 15.2 Å². The Kier molecular flexibility index (Phi) is 3.63. The number of imidazole rings is 1. The standard InChI is InChI=1S/C15H22N6/c1-10(2)15-17-5-4-14(19-15)21-6-11(12(16)7-21)13-8-20(3)9-18-13/h4-5,8-12H,6-7,16H2,1-3H3/t11-,12-/m1/s1.